The molecule has 0 atom stereocenters. The van der Waals surface area contributed by atoms with E-state index in [0.717, 1.165) is 25.9 Å². The molecule has 3 rings (SSSR count). The molecule has 0 radical (unpaired) electrons. The molecule has 0 aliphatic carbocycles. The molecule has 32 heavy (non-hydrogen) atoms. The Balaban J connectivity index is 1.43. The van der Waals surface area contributed by atoms with Crippen molar-refractivity contribution in [3.8, 4) is 5.75 Å². The molecule has 0 aromatic heterocycles. The van der Waals surface area contributed by atoms with Crippen LogP contribution in [0.2, 0.25) is 10.0 Å². The second kappa shape index (κ2) is 11.3. The Bertz CT molecular complexity index is 1040. The van der Waals surface area contributed by atoms with Crippen molar-refractivity contribution >= 4 is 38.9 Å². The number of carbonyl (C=O) groups excluding carboxylic acids is 1. The Labute approximate surface area is 198 Å². The van der Waals surface area contributed by atoms with E-state index in [1.54, 1.807) is 24.3 Å². The summed E-state index contributed by atoms with van der Waals surface area (Å²) in [4.78, 5) is 14.7. The SMILES string of the molecule is O=C(NCCN1CCC(Oc2ccc(Cl)c(Cl)c2)CC1)c1cccc(S(=O)(=O)CCO)c1. The number of ether oxygens (including phenoxy) is 1. The van der Waals surface area contributed by atoms with Gasteiger partial charge in [-0.1, -0.05) is 29.3 Å². The number of sulfone groups is 1. The quantitative estimate of drug-likeness (QED) is 0.549. The number of nitrogens with zero attached hydrogens (tertiary/aromatic N) is 1. The van der Waals surface area contributed by atoms with Crippen molar-refractivity contribution in [3.63, 3.8) is 0 Å². The lowest BCUT2D eigenvalue weighted by atomic mass is 10.1. The minimum absolute atomic E-state index is 0.0308. The van der Waals surface area contributed by atoms with Crippen LogP contribution >= 0.6 is 23.2 Å². The fourth-order valence-electron chi connectivity index (χ4n) is 3.49. The first-order valence-electron chi connectivity index (χ1n) is 10.3. The number of aliphatic hydroxyl groups excluding tert-OH is 1. The lowest BCUT2D eigenvalue weighted by Crippen LogP contribution is -2.42. The van der Waals surface area contributed by atoms with Crippen LogP contribution in [0.25, 0.3) is 0 Å². The van der Waals surface area contributed by atoms with Crippen LogP contribution in [0.4, 0.5) is 0 Å². The molecule has 0 saturated carbocycles. The Morgan fingerprint density at radius 1 is 1.12 bits per heavy atom. The topological polar surface area (TPSA) is 95.9 Å². The highest BCUT2D eigenvalue weighted by Crippen LogP contribution is 2.28. The molecule has 0 spiro atoms. The van der Waals surface area contributed by atoms with Gasteiger partial charge in [0, 0.05) is 37.8 Å². The maximum absolute atomic E-state index is 12.4. The first-order chi connectivity index (χ1) is 15.3. The Kier molecular flexibility index (Phi) is 8.79. The summed E-state index contributed by atoms with van der Waals surface area (Å²) >= 11 is 12.0. The molecule has 1 fully saturated rings. The van der Waals surface area contributed by atoms with Crippen molar-refractivity contribution in [3.05, 3.63) is 58.1 Å². The van der Waals surface area contributed by atoms with Crippen LogP contribution in [0.3, 0.4) is 0 Å². The van der Waals surface area contributed by atoms with E-state index in [9.17, 15) is 13.2 Å². The summed E-state index contributed by atoms with van der Waals surface area (Å²) in [6.45, 7) is 2.36. The molecule has 7 nitrogen and oxygen atoms in total. The van der Waals surface area contributed by atoms with Crippen molar-refractivity contribution in [2.75, 3.05) is 38.5 Å². The average Bonchev–Trinajstić information content (AvgIpc) is 2.77. The maximum Gasteiger partial charge on any atom is 0.251 e. The molecule has 1 aliphatic rings. The molecular formula is C22H26Cl2N2O5S. The number of rotatable bonds is 9. The first-order valence-corrected chi connectivity index (χ1v) is 12.8. The van der Waals surface area contributed by atoms with E-state index in [1.165, 1.54) is 18.2 Å². The summed E-state index contributed by atoms with van der Waals surface area (Å²) in [5, 5.41) is 12.7. The lowest BCUT2D eigenvalue weighted by molar-refractivity contribution is 0.0905. The van der Waals surface area contributed by atoms with Gasteiger partial charge in [-0.25, -0.2) is 8.42 Å². The summed E-state index contributed by atoms with van der Waals surface area (Å²) in [7, 11) is -3.60. The van der Waals surface area contributed by atoms with E-state index in [1.807, 2.05) is 0 Å². The van der Waals surface area contributed by atoms with Crippen molar-refractivity contribution in [1.82, 2.24) is 10.2 Å². The van der Waals surface area contributed by atoms with Gasteiger partial charge in [0.2, 0.25) is 0 Å². The van der Waals surface area contributed by atoms with Crippen molar-refractivity contribution in [2.45, 2.75) is 23.8 Å². The summed E-state index contributed by atoms with van der Waals surface area (Å²) < 4.78 is 30.2. The third kappa shape index (κ3) is 6.83. The maximum atomic E-state index is 12.4. The van der Waals surface area contributed by atoms with Crippen molar-refractivity contribution in [1.29, 1.82) is 0 Å². The molecule has 0 bridgehead atoms. The van der Waals surface area contributed by atoms with Crippen LogP contribution in [-0.2, 0) is 9.84 Å². The largest absolute Gasteiger partial charge is 0.490 e. The first kappa shape index (κ1) is 24.8. The molecule has 174 valence electrons. The number of piperidine rings is 1. The molecule has 1 saturated heterocycles. The minimum Gasteiger partial charge on any atom is -0.490 e. The Morgan fingerprint density at radius 2 is 1.88 bits per heavy atom. The zero-order valence-corrected chi connectivity index (χ0v) is 19.8. The van der Waals surface area contributed by atoms with E-state index < -0.39 is 16.4 Å². The molecule has 1 heterocycles. The zero-order chi connectivity index (χ0) is 23.1. The number of benzene rings is 2. The second-order valence-electron chi connectivity index (χ2n) is 7.56. The van der Waals surface area contributed by atoms with E-state index >= 15 is 0 Å². The summed E-state index contributed by atoms with van der Waals surface area (Å²) in [5.41, 5.74) is 0.276. The monoisotopic (exact) mass is 500 g/mol. The second-order valence-corrected chi connectivity index (χ2v) is 10.5. The normalized spacial score (nSPS) is 15.5. The lowest BCUT2D eigenvalue weighted by Gasteiger charge is -2.32. The standard InChI is InChI=1S/C22H26Cl2N2O5S/c23-20-5-4-18(15-21(20)24)31-17-6-9-26(10-7-17)11-8-25-22(28)16-2-1-3-19(14-16)32(29,30)13-12-27/h1-5,14-15,17,27H,6-13H2,(H,25,28). The molecule has 0 unspecified atom stereocenters. The molecule has 1 amide bonds. The van der Waals surface area contributed by atoms with Gasteiger partial charge in [-0.3, -0.25) is 4.79 Å². The van der Waals surface area contributed by atoms with E-state index in [4.69, 9.17) is 33.0 Å². The van der Waals surface area contributed by atoms with Gasteiger partial charge < -0.3 is 20.1 Å². The van der Waals surface area contributed by atoms with E-state index in [0.29, 0.717) is 28.9 Å². The number of amides is 1. The number of halogens is 2. The van der Waals surface area contributed by atoms with Crippen LogP contribution in [-0.4, -0.2) is 69.0 Å². The number of aliphatic hydroxyl groups is 1. The van der Waals surface area contributed by atoms with Crippen LogP contribution in [0, 0.1) is 0 Å². The fourth-order valence-corrected chi connectivity index (χ4v) is 4.85. The predicted octanol–water partition coefficient (Wildman–Crippen LogP) is 3.03. The van der Waals surface area contributed by atoms with Crippen molar-refractivity contribution in [2.24, 2.45) is 0 Å². The van der Waals surface area contributed by atoms with Gasteiger partial charge in [0.15, 0.2) is 9.84 Å². The highest BCUT2D eigenvalue weighted by atomic mass is 35.5. The molecular weight excluding hydrogens is 475 g/mol. The number of nitrogens with one attached hydrogen (secondary N) is 1. The number of hydrogen-bond donors (Lipinski definition) is 2. The van der Waals surface area contributed by atoms with E-state index in [2.05, 4.69) is 10.2 Å². The third-order valence-electron chi connectivity index (χ3n) is 5.26. The molecule has 10 heteroatoms. The molecule has 1 aliphatic heterocycles. The fraction of sp³-hybridized carbons (Fsp3) is 0.409. The number of likely N-dealkylation sites (tertiary alicyclic amines) is 1. The highest BCUT2D eigenvalue weighted by Gasteiger charge is 2.21. The van der Waals surface area contributed by atoms with Gasteiger partial charge in [-0.15, -0.1) is 0 Å². The average molecular weight is 501 g/mol. The zero-order valence-electron chi connectivity index (χ0n) is 17.5. The van der Waals surface area contributed by atoms with Gasteiger partial charge in [0.05, 0.1) is 27.3 Å². The number of hydrogen-bond acceptors (Lipinski definition) is 6. The van der Waals surface area contributed by atoms with Crippen LogP contribution in [0.1, 0.15) is 23.2 Å². The van der Waals surface area contributed by atoms with Crippen molar-refractivity contribution < 1.29 is 23.1 Å². The van der Waals surface area contributed by atoms with Gasteiger partial charge >= 0.3 is 0 Å². The molecule has 2 aromatic rings. The minimum atomic E-state index is -3.60. The summed E-state index contributed by atoms with van der Waals surface area (Å²) in [6, 6.07) is 11.1. The van der Waals surface area contributed by atoms with Crippen LogP contribution in [0.15, 0.2) is 47.4 Å². The third-order valence-corrected chi connectivity index (χ3v) is 7.69. The van der Waals surface area contributed by atoms with E-state index in [-0.39, 0.29) is 28.2 Å². The van der Waals surface area contributed by atoms with Crippen LogP contribution in [0.5, 0.6) is 5.75 Å². The summed E-state index contributed by atoms with van der Waals surface area (Å²) in [6.07, 6.45) is 1.82. The Morgan fingerprint density at radius 3 is 2.56 bits per heavy atom. The Hall–Kier alpha value is -1.84. The smallest absolute Gasteiger partial charge is 0.251 e. The molecule has 2 aromatic carbocycles. The predicted molar refractivity (Wildman–Crippen MR) is 124 cm³/mol. The van der Waals surface area contributed by atoms with Crippen LogP contribution < -0.4 is 10.1 Å². The van der Waals surface area contributed by atoms with Gasteiger partial charge in [0.25, 0.3) is 5.91 Å². The van der Waals surface area contributed by atoms with Gasteiger partial charge in [0.1, 0.15) is 11.9 Å². The number of carbonyl (C=O) groups is 1. The molecule has 2 N–H and O–H groups in total. The highest BCUT2D eigenvalue weighted by molar-refractivity contribution is 7.91. The van der Waals surface area contributed by atoms with Gasteiger partial charge in [-0.05, 0) is 43.2 Å². The van der Waals surface area contributed by atoms with Gasteiger partial charge in [-0.2, -0.15) is 0 Å². The summed E-state index contributed by atoms with van der Waals surface area (Å²) in [5.74, 6) is 0.000213.